The third-order valence-corrected chi connectivity index (χ3v) is 5.18. The van der Waals surface area contributed by atoms with Crippen LogP contribution in [0.15, 0.2) is 36.4 Å². The van der Waals surface area contributed by atoms with Gasteiger partial charge in [0.15, 0.2) is 0 Å². The van der Waals surface area contributed by atoms with Gasteiger partial charge in [-0.05, 0) is 61.9 Å². The third-order valence-electron chi connectivity index (χ3n) is 5.18. The van der Waals surface area contributed by atoms with E-state index in [4.69, 9.17) is 4.98 Å². The van der Waals surface area contributed by atoms with E-state index in [1.807, 2.05) is 11.8 Å². The fraction of sp³-hybridized carbons (Fsp3) is 0.455. The first-order valence-corrected chi connectivity index (χ1v) is 9.36. The highest BCUT2D eigenvalue weighted by Gasteiger charge is 2.25. The van der Waals surface area contributed by atoms with E-state index in [-0.39, 0.29) is 5.91 Å². The summed E-state index contributed by atoms with van der Waals surface area (Å²) in [5, 5.41) is 0. The van der Waals surface area contributed by atoms with Crippen LogP contribution in [-0.4, -0.2) is 28.9 Å². The monoisotopic (exact) mass is 336 g/mol. The first-order chi connectivity index (χ1) is 12.1. The molecule has 132 valence electrons. The molecule has 0 bridgehead atoms. The first-order valence-electron chi connectivity index (χ1n) is 9.36. The molecule has 3 heteroatoms. The Hall–Kier alpha value is -2.16. The average Bonchev–Trinajstić information content (AvgIpc) is 2.62. The van der Waals surface area contributed by atoms with Crippen LogP contribution in [0.25, 0.3) is 0 Å². The van der Waals surface area contributed by atoms with Crippen LogP contribution < -0.4 is 0 Å². The molecule has 1 aliphatic rings. The van der Waals surface area contributed by atoms with E-state index >= 15 is 0 Å². The number of aromatic nitrogens is 1. The highest BCUT2D eigenvalue weighted by Crippen LogP contribution is 2.27. The maximum absolute atomic E-state index is 12.1. The molecule has 0 saturated carbocycles. The number of carbonyl (C=O) groups excluding carboxylic acids is 1. The van der Waals surface area contributed by atoms with E-state index in [0.717, 1.165) is 43.7 Å². The minimum absolute atomic E-state index is 0.262. The van der Waals surface area contributed by atoms with Crippen molar-refractivity contribution in [3.05, 3.63) is 64.5 Å². The molecule has 1 aromatic carbocycles. The Morgan fingerprint density at radius 2 is 2.04 bits per heavy atom. The number of hydrogen-bond donors (Lipinski definition) is 0. The van der Waals surface area contributed by atoms with Gasteiger partial charge in [0.25, 0.3) is 0 Å². The molecule has 1 saturated heterocycles. The fourth-order valence-corrected chi connectivity index (χ4v) is 3.78. The van der Waals surface area contributed by atoms with Gasteiger partial charge in [-0.3, -0.25) is 9.78 Å². The summed E-state index contributed by atoms with van der Waals surface area (Å²) in [4.78, 5) is 18.9. The predicted molar refractivity (Wildman–Crippen MR) is 102 cm³/mol. The maximum atomic E-state index is 12.1. The van der Waals surface area contributed by atoms with Gasteiger partial charge < -0.3 is 4.90 Å². The largest absolute Gasteiger partial charge is 0.342 e. The molecule has 25 heavy (non-hydrogen) atoms. The highest BCUT2D eigenvalue weighted by atomic mass is 16.2. The molecule has 3 rings (SSSR count). The zero-order valence-electron chi connectivity index (χ0n) is 15.6. The average molecular weight is 336 g/mol. The number of piperidine rings is 1. The quantitative estimate of drug-likeness (QED) is 0.829. The summed E-state index contributed by atoms with van der Waals surface area (Å²) in [5.74, 6) is 0.622. The molecule has 2 heterocycles. The SMILES string of the molecule is CCC(=O)N1CCC[C@@H](c2cc(Cc3ccccc3C)cc(C)n2)C1. The van der Waals surface area contributed by atoms with Crippen molar-refractivity contribution in [2.45, 2.75) is 52.4 Å². The topological polar surface area (TPSA) is 33.2 Å². The number of nitrogens with zero attached hydrogens (tertiary/aromatic N) is 2. The van der Waals surface area contributed by atoms with E-state index in [1.54, 1.807) is 0 Å². The fourth-order valence-electron chi connectivity index (χ4n) is 3.78. The zero-order valence-corrected chi connectivity index (χ0v) is 15.6. The molecular weight excluding hydrogens is 308 g/mol. The molecule has 0 spiro atoms. The van der Waals surface area contributed by atoms with Gasteiger partial charge in [-0.25, -0.2) is 0 Å². The highest BCUT2D eigenvalue weighted by molar-refractivity contribution is 5.76. The van der Waals surface area contributed by atoms with Gasteiger partial charge in [-0.2, -0.15) is 0 Å². The smallest absolute Gasteiger partial charge is 0.222 e. The van der Waals surface area contributed by atoms with Gasteiger partial charge in [-0.15, -0.1) is 0 Å². The van der Waals surface area contributed by atoms with Crippen molar-refractivity contribution in [1.29, 1.82) is 0 Å². The number of carbonyl (C=O) groups is 1. The second kappa shape index (κ2) is 7.81. The van der Waals surface area contributed by atoms with Crippen LogP contribution in [0.1, 0.15) is 60.2 Å². The summed E-state index contributed by atoms with van der Waals surface area (Å²) >= 11 is 0. The minimum Gasteiger partial charge on any atom is -0.342 e. The number of pyridine rings is 1. The maximum Gasteiger partial charge on any atom is 0.222 e. The predicted octanol–water partition coefficient (Wildman–Crippen LogP) is 4.41. The number of benzene rings is 1. The van der Waals surface area contributed by atoms with E-state index in [0.29, 0.717) is 12.3 Å². The van der Waals surface area contributed by atoms with Gasteiger partial charge in [-0.1, -0.05) is 31.2 Å². The lowest BCUT2D eigenvalue weighted by atomic mass is 9.91. The Morgan fingerprint density at radius 1 is 1.24 bits per heavy atom. The van der Waals surface area contributed by atoms with Crippen molar-refractivity contribution in [1.82, 2.24) is 9.88 Å². The van der Waals surface area contributed by atoms with Crippen molar-refractivity contribution in [2.75, 3.05) is 13.1 Å². The molecule has 0 unspecified atom stereocenters. The Bertz CT molecular complexity index is 753. The van der Waals surface area contributed by atoms with Gasteiger partial charge in [0.2, 0.25) is 5.91 Å². The van der Waals surface area contributed by atoms with Crippen LogP contribution >= 0.6 is 0 Å². The van der Waals surface area contributed by atoms with Crippen molar-refractivity contribution in [3.8, 4) is 0 Å². The molecule has 3 nitrogen and oxygen atoms in total. The Labute approximate surface area is 151 Å². The van der Waals surface area contributed by atoms with Gasteiger partial charge in [0.05, 0.1) is 0 Å². The van der Waals surface area contributed by atoms with Crippen LogP contribution in [0.2, 0.25) is 0 Å². The van der Waals surface area contributed by atoms with Crippen molar-refractivity contribution in [2.24, 2.45) is 0 Å². The van der Waals surface area contributed by atoms with Crippen LogP contribution in [0.5, 0.6) is 0 Å². The van der Waals surface area contributed by atoms with E-state index < -0.39 is 0 Å². The zero-order chi connectivity index (χ0) is 17.8. The van der Waals surface area contributed by atoms with Crippen LogP contribution in [0, 0.1) is 13.8 Å². The van der Waals surface area contributed by atoms with Crippen molar-refractivity contribution >= 4 is 5.91 Å². The summed E-state index contributed by atoms with van der Waals surface area (Å²) in [6, 6.07) is 13.0. The van der Waals surface area contributed by atoms with Crippen molar-refractivity contribution in [3.63, 3.8) is 0 Å². The van der Waals surface area contributed by atoms with Crippen LogP contribution in [0.3, 0.4) is 0 Å². The molecule has 1 fully saturated rings. The number of amides is 1. The number of aryl methyl sites for hydroxylation is 2. The molecule has 1 atom stereocenters. The lowest BCUT2D eigenvalue weighted by Gasteiger charge is -2.32. The third kappa shape index (κ3) is 4.28. The normalized spacial score (nSPS) is 17.6. The Kier molecular flexibility index (Phi) is 5.52. The van der Waals surface area contributed by atoms with Gasteiger partial charge >= 0.3 is 0 Å². The number of hydrogen-bond acceptors (Lipinski definition) is 2. The number of likely N-dealkylation sites (tertiary alicyclic amines) is 1. The van der Waals surface area contributed by atoms with Crippen LogP contribution in [0.4, 0.5) is 0 Å². The summed E-state index contributed by atoms with van der Waals surface area (Å²) in [5.41, 5.74) is 6.23. The second-order valence-electron chi connectivity index (χ2n) is 7.18. The lowest BCUT2D eigenvalue weighted by molar-refractivity contribution is -0.132. The van der Waals surface area contributed by atoms with E-state index in [1.165, 1.54) is 16.7 Å². The number of rotatable bonds is 4. The Morgan fingerprint density at radius 3 is 2.80 bits per heavy atom. The summed E-state index contributed by atoms with van der Waals surface area (Å²) in [6.07, 6.45) is 3.72. The second-order valence-corrected chi connectivity index (χ2v) is 7.18. The molecule has 2 aromatic rings. The van der Waals surface area contributed by atoms with E-state index in [9.17, 15) is 4.79 Å². The van der Waals surface area contributed by atoms with Gasteiger partial charge in [0.1, 0.15) is 0 Å². The Balaban J connectivity index is 1.82. The minimum atomic E-state index is 0.262. The molecule has 1 aliphatic heterocycles. The lowest BCUT2D eigenvalue weighted by Crippen LogP contribution is -2.38. The van der Waals surface area contributed by atoms with Crippen LogP contribution in [-0.2, 0) is 11.2 Å². The molecule has 1 amide bonds. The standard InChI is InChI=1S/C22H28N2O/c1-4-22(25)24-11-7-10-20(15-24)21-14-18(12-17(3)23-21)13-19-9-6-5-8-16(19)2/h5-6,8-9,12,14,20H,4,7,10-11,13,15H2,1-3H3/t20-/m1/s1. The summed E-state index contributed by atoms with van der Waals surface area (Å²) in [7, 11) is 0. The summed E-state index contributed by atoms with van der Waals surface area (Å²) < 4.78 is 0. The van der Waals surface area contributed by atoms with Crippen molar-refractivity contribution < 1.29 is 4.79 Å². The first kappa shape index (κ1) is 17.7. The van der Waals surface area contributed by atoms with E-state index in [2.05, 4.69) is 50.2 Å². The summed E-state index contributed by atoms with van der Waals surface area (Å²) in [6.45, 7) is 7.89. The molecular formula is C22H28N2O. The molecule has 0 radical (unpaired) electrons. The molecule has 0 aliphatic carbocycles. The molecule has 0 N–H and O–H groups in total. The molecule has 1 aromatic heterocycles. The van der Waals surface area contributed by atoms with Gasteiger partial charge in [0, 0.05) is 36.8 Å².